The normalized spacial score (nSPS) is 19.1. The number of hydrogen-bond donors (Lipinski definition) is 1. The third kappa shape index (κ3) is 4.22. The Balaban J connectivity index is 2.45. The summed E-state index contributed by atoms with van der Waals surface area (Å²) < 4.78 is 0. The molecule has 1 atom stereocenters. The molecule has 1 rings (SSSR count). The average molecular weight is 270 g/mol. The number of aliphatic carboxylic acids is 1. The maximum absolute atomic E-state index is 12.1. The number of hydrogen-bond acceptors (Lipinski definition) is 3. The highest BCUT2D eigenvalue weighted by atomic mass is 16.4. The lowest BCUT2D eigenvalue weighted by Crippen LogP contribution is -2.37. The number of rotatable bonds is 6. The summed E-state index contributed by atoms with van der Waals surface area (Å²) in [5.74, 6) is -1.19. The third-order valence-electron chi connectivity index (χ3n) is 3.39. The van der Waals surface area contributed by atoms with Crippen molar-refractivity contribution >= 4 is 17.8 Å². The summed E-state index contributed by atoms with van der Waals surface area (Å²) in [6, 6.07) is 0.114. The summed E-state index contributed by atoms with van der Waals surface area (Å²) in [5.41, 5.74) is 0. The number of carboxylic acid groups (broad SMARTS) is 1. The quantitative estimate of drug-likeness (QED) is 0.765. The Morgan fingerprint density at radius 1 is 1.47 bits per heavy atom. The van der Waals surface area contributed by atoms with Crippen LogP contribution in [0, 0.1) is 5.92 Å². The van der Waals surface area contributed by atoms with Gasteiger partial charge in [-0.2, -0.15) is 0 Å². The summed E-state index contributed by atoms with van der Waals surface area (Å²) >= 11 is 0. The number of carbonyl (C=O) groups is 3. The van der Waals surface area contributed by atoms with E-state index in [0.29, 0.717) is 19.5 Å². The highest BCUT2D eigenvalue weighted by Crippen LogP contribution is 2.21. The molecular weight excluding hydrogens is 248 g/mol. The van der Waals surface area contributed by atoms with E-state index in [1.807, 2.05) is 13.8 Å². The van der Waals surface area contributed by atoms with Gasteiger partial charge >= 0.3 is 5.97 Å². The summed E-state index contributed by atoms with van der Waals surface area (Å²) in [4.78, 5) is 37.5. The van der Waals surface area contributed by atoms with Crippen LogP contribution in [-0.4, -0.2) is 58.9 Å². The average Bonchev–Trinajstić information content (AvgIpc) is 2.69. The first-order chi connectivity index (χ1) is 8.82. The van der Waals surface area contributed by atoms with Crippen LogP contribution in [0.5, 0.6) is 0 Å². The zero-order valence-corrected chi connectivity index (χ0v) is 11.8. The van der Waals surface area contributed by atoms with Gasteiger partial charge in [-0.05, 0) is 20.3 Å². The predicted octanol–water partition coefficient (Wildman–Crippen LogP) is 0.566. The van der Waals surface area contributed by atoms with E-state index in [2.05, 4.69) is 0 Å². The number of carboxylic acids is 1. The summed E-state index contributed by atoms with van der Waals surface area (Å²) in [6.45, 7) is 4.75. The first-order valence-electron chi connectivity index (χ1n) is 6.59. The minimum Gasteiger partial charge on any atom is -0.481 e. The van der Waals surface area contributed by atoms with Gasteiger partial charge in [-0.3, -0.25) is 14.4 Å². The van der Waals surface area contributed by atoms with Crippen molar-refractivity contribution in [3.63, 3.8) is 0 Å². The molecule has 1 N–H and O–H groups in total. The highest BCUT2D eigenvalue weighted by molar-refractivity contribution is 5.89. The number of nitrogens with zero attached hydrogens (tertiary/aromatic N) is 2. The van der Waals surface area contributed by atoms with Crippen molar-refractivity contribution in [1.29, 1.82) is 0 Å². The van der Waals surface area contributed by atoms with Gasteiger partial charge in [0.25, 0.3) is 0 Å². The molecule has 1 aliphatic heterocycles. The first kappa shape index (κ1) is 15.5. The van der Waals surface area contributed by atoms with Crippen molar-refractivity contribution in [1.82, 2.24) is 9.80 Å². The molecule has 1 heterocycles. The molecule has 0 radical (unpaired) electrons. The van der Waals surface area contributed by atoms with Crippen molar-refractivity contribution < 1.29 is 19.5 Å². The van der Waals surface area contributed by atoms with Crippen molar-refractivity contribution in [2.45, 2.75) is 39.2 Å². The maximum Gasteiger partial charge on any atom is 0.303 e. The van der Waals surface area contributed by atoms with Crippen molar-refractivity contribution in [2.75, 3.05) is 20.1 Å². The molecule has 0 saturated carbocycles. The lowest BCUT2D eigenvalue weighted by atomic mass is 10.1. The summed E-state index contributed by atoms with van der Waals surface area (Å²) in [6.07, 6.45) is 0.756. The Bertz CT molecular complexity index is 368. The largest absolute Gasteiger partial charge is 0.481 e. The van der Waals surface area contributed by atoms with Gasteiger partial charge in [-0.1, -0.05) is 0 Å². The van der Waals surface area contributed by atoms with Gasteiger partial charge in [0.05, 0.1) is 5.92 Å². The summed E-state index contributed by atoms with van der Waals surface area (Å²) in [7, 11) is 1.66. The third-order valence-corrected chi connectivity index (χ3v) is 3.39. The molecule has 0 aromatic carbocycles. The molecule has 108 valence electrons. The van der Waals surface area contributed by atoms with Crippen LogP contribution in [0.15, 0.2) is 0 Å². The molecule has 1 saturated heterocycles. The topological polar surface area (TPSA) is 77.9 Å². The van der Waals surface area contributed by atoms with E-state index in [4.69, 9.17) is 5.11 Å². The van der Waals surface area contributed by atoms with Crippen LogP contribution in [0.3, 0.4) is 0 Å². The number of likely N-dealkylation sites (tertiary alicyclic amines) is 1. The fraction of sp³-hybridized carbons (Fsp3) is 0.769. The molecule has 1 aliphatic rings. The van der Waals surface area contributed by atoms with Crippen LogP contribution in [0.1, 0.15) is 33.1 Å². The number of carbonyl (C=O) groups excluding carboxylic acids is 2. The monoisotopic (exact) mass is 270 g/mol. The van der Waals surface area contributed by atoms with Gasteiger partial charge in [0.1, 0.15) is 0 Å². The lowest BCUT2D eigenvalue weighted by molar-refractivity contribution is -0.138. The second-order valence-electron chi connectivity index (χ2n) is 5.30. The second kappa shape index (κ2) is 6.54. The van der Waals surface area contributed by atoms with Gasteiger partial charge in [0.2, 0.25) is 11.8 Å². The SMILES string of the molecule is CC(C)N1CC(C(=O)N(C)CCCC(=O)O)CC1=O. The van der Waals surface area contributed by atoms with Gasteiger partial charge < -0.3 is 14.9 Å². The molecule has 0 aliphatic carbocycles. The molecule has 6 nitrogen and oxygen atoms in total. The van der Waals surface area contributed by atoms with E-state index in [1.54, 1.807) is 11.9 Å². The molecule has 0 spiro atoms. The van der Waals surface area contributed by atoms with E-state index in [0.717, 1.165) is 0 Å². The van der Waals surface area contributed by atoms with Gasteiger partial charge in [-0.25, -0.2) is 0 Å². The molecule has 19 heavy (non-hydrogen) atoms. The van der Waals surface area contributed by atoms with Gasteiger partial charge in [-0.15, -0.1) is 0 Å². The zero-order valence-electron chi connectivity index (χ0n) is 11.8. The Hall–Kier alpha value is -1.59. The molecule has 1 unspecified atom stereocenters. The minimum atomic E-state index is -0.858. The van der Waals surface area contributed by atoms with Gasteiger partial charge in [0, 0.05) is 39.0 Å². The van der Waals surface area contributed by atoms with Crippen molar-refractivity contribution in [2.24, 2.45) is 5.92 Å². The van der Waals surface area contributed by atoms with Crippen molar-refractivity contribution in [3.05, 3.63) is 0 Å². The fourth-order valence-corrected chi connectivity index (χ4v) is 2.29. The fourth-order valence-electron chi connectivity index (χ4n) is 2.29. The minimum absolute atomic E-state index is 0.0206. The molecule has 0 aromatic heterocycles. The van der Waals surface area contributed by atoms with Crippen LogP contribution in [0.4, 0.5) is 0 Å². The standard InChI is InChI=1S/C13H22N2O4/c1-9(2)15-8-10(7-11(15)16)13(19)14(3)6-4-5-12(17)18/h9-10H,4-8H2,1-3H3,(H,17,18). The maximum atomic E-state index is 12.1. The Labute approximate surface area is 113 Å². The molecule has 0 aromatic rings. The second-order valence-corrected chi connectivity index (χ2v) is 5.30. The van der Waals surface area contributed by atoms with Crippen LogP contribution < -0.4 is 0 Å². The first-order valence-corrected chi connectivity index (χ1v) is 6.59. The van der Waals surface area contributed by atoms with E-state index in [9.17, 15) is 14.4 Å². The smallest absolute Gasteiger partial charge is 0.303 e. The van der Waals surface area contributed by atoms with Crippen LogP contribution in [0.25, 0.3) is 0 Å². The molecule has 2 amide bonds. The lowest BCUT2D eigenvalue weighted by Gasteiger charge is -2.23. The predicted molar refractivity (Wildman–Crippen MR) is 69.5 cm³/mol. The van der Waals surface area contributed by atoms with E-state index in [1.165, 1.54) is 4.90 Å². The molecular formula is C13H22N2O4. The Kier molecular flexibility index (Phi) is 5.32. The van der Waals surface area contributed by atoms with Gasteiger partial charge in [0.15, 0.2) is 0 Å². The van der Waals surface area contributed by atoms with Crippen LogP contribution in [0.2, 0.25) is 0 Å². The Morgan fingerprint density at radius 2 is 2.11 bits per heavy atom. The molecule has 6 heteroatoms. The Morgan fingerprint density at radius 3 is 2.58 bits per heavy atom. The number of amides is 2. The van der Waals surface area contributed by atoms with E-state index < -0.39 is 5.97 Å². The molecule has 0 bridgehead atoms. The summed E-state index contributed by atoms with van der Waals surface area (Å²) in [5, 5.41) is 8.55. The van der Waals surface area contributed by atoms with E-state index >= 15 is 0 Å². The van der Waals surface area contributed by atoms with Crippen molar-refractivity contribution in [3.8, 4) is 0 Å². The van der Waals surface area contributed by atoms with E-state index in [-0.39, 0.29) is 36.6 Å². The van der Waals surface area contributed by atoms with Crippen LogP contribution in [-0.2, 0) is 14.4 Å². The zero-order chi connectivity index (χ0) is 14.6. The highest BCUT2D eigenvalue weighted by Gasteiger charge is 2.36. The molecule has 1 fully saturated rings. The van der Waals surface area contributed by atoms with Crippen LogP contribution >= 0.6 is 0 Å².